The number of hydrogen-bond acceptors (Lipinski definition) is 3. The van der Waals surface area contributed by atoms with E-state index in [0.29, 0.717) is 11.8 Å². The molecule has 106 valence electrons. The fraction of sp³-hybridized carbons (Fsp3) is 0.733. The lowest BCUT2D eigenvalue weighted by atomic mass is 9.72. The highest BCUT2D eigenvalue weighted by atomic mass is 16.6. The van der Waals surface area contributed by atoms with Crippen LogP contribution in [0.3, 0.4) is 0 Å². The summed E-state index contributed by atoms with van der Waals surface area (Å²) in [5.41, 5.74) is -0.420. The van der Waals surface area contributed by atoms with Crippen LogP contribution in [-0.2, 0) is 14.3 Å². The second-order valence-corrected chi connectivity index (χ2v) is 5.84. The quantitative estimate of drug-likeness (QED) is 0.483. The topological polar surface area (TPSA) is 63.6 Å². The number of ether oxygens (including phenoxy) is 1. The zero-order valence-corrected chi connectivity index (χ0v) is 11.4. The summed E-state index contributed by atoms with van der Waals surface area (Å²) in [6, 6.07) is 0. The molecule has 0 spiro atoms. The minimum Gasteiger partial charge on any atom is -0.481 e. The van der Waals surface area contributed by atoms with Crippen LogP contribution in [0.5, 0.6) is 0 Å². The Balaban J connectivity index is 2.11. The number of hydrogen-bond donors (Lipinski definition) is 1. The summed E-state index contributed by atoms with van der Waals surface area (Å²) in [4.78, 5) is 22.4. The van der Waals surface area contributed by atoms with Crippen LogP contribution < -0.4 is 0 Å². The van der Waals surface area contributed by atoms with Crippen LogP contribution >= 0.6 is 0 Å². The van der Waals surface area contributed by atoms with E-state index in [1.54, 1.807) is 0 Å². The highest BCUT2D eigenvalue weighted by Crippen LogP contribution is 2.46. The molecule has 2 unspecified atom stereocenters. The molecule has 1 fully saturated rings. The van der Waals surface area contributed by atoms with E-state index in [2.05, 4.69) is 19.1 Å². The lowest BCUT2D eigenvalue weighted by Crippen LogP contribution is -2.44. The van der Waals surface area contributed by atoms with Crippen molar-refractivity contribution in [1.82, 2.24) is 0 Å². The van der Waals surface area contributed by atoms with E-state index in [9.17, 15) is 9.59 Å². The molecule has 0 saturated heterocycles. The number of carbonyl (C=O) groups excluding carboxylic acids is 1. The van der Waals surface area contributed by atoms with Gasteiger partial charge in [-0.15, -0.1) is 0 Å². The Bertz CT molecular complexity index is 380. The predicted octanol–water partition coefficient (Wildman–Crippen LogP) is 2.92. The van der Waals surface area contributed by atoms with Crippen LogP contribution in [0.15, 0.2) is 12.2 Å². The molecule has 0 radical (unpaired) electrons. The van der Waals surface area contributed by atoms with Crippen molar-refractivity contribution in [2.24, 2.45) is 11.8 Å². The lowest BCUT2D eigenvalue weighted by molar-refractivity contribution is -0.171. The monoisotopic (exact) mass is 266 g/mol. The molecule has 1 saturated carbocycles. The summed E-state index contributed by atoms with van der Waals surface area (Å²) >= 11 is 0. The zero-order chi connectivity index (χ0) is 13.9. The normalized spacial score (nSPS) is 29.1. The first-order chi connectivity index (χ1) is 9.03. The van der Waals surface area contributed by atoms with Crippen molar-refractivity contribution >= 4 is 11.9 Å². The molecule has 4 nitrogen and oxygen atoms in total. The van der Waals surface area contributed by atoms with E-state index in [4.69, 9.17) is 9.84 Å². The van der Waals surface area contributed by atoms with E-state index in [1.807, 2.05) is 0 Å². The van der Waals surface area contributed by atoms with Gasteiger partial charge in [-0.3, -0.25) is 9.59 Å². The van der Waals surface area contributed by atoms with Gasteiger partial charge in [0.25, 0.3) is 0 Å². The first-order valence-corrected chi connectivity index (χ1v) is 7.12. The van der Waals surface area contributed by atoms with Gasteiger partial charge >= 0.3 is 11.9 Å². The van der Waals surface area contributed by atoms with Gasteiger partial charge in [0.15, 0.2) is 0 Å². The predicted molar refractivity (Wildman–Crippen MR) is 70.6 cm³/mol. The van der Waals surface area contributed by atoms with Crippen LogP contribution in [0.25, 0.3) is 0 Å². The maximum absolute atomic E-state index is 11.7. The van der Waals surface area contributed by atoms with Crippen LogP contribution in [0.4, 0.5) is 0 Å². The molecule has 2 rings (SSSR count). The molecular formula is C15H22O4. The number of esters is 1. The average molecular weight is 266 g/mol. The molecule has 2 aliphatic rings. The maximum Gasteiger partial charge on any atom is 0.317 e. The van der Waals surface area contributed by atoms with Crippen LogP contribution in [0.1, 0.15) is 51.9 Å². The molecular weight excluding hydrogens is 244 g/mol. The Hall–Kier alpha value is -1.32. The minimum atomic E-state index is -1.12. The lowest BCUT2D eigenvalue weighted by Gasteiger charge is -2.41. The summed E-state index contributed by atoms with van der Waals surface area (Å²) in [6.45, 7) is 2.19. The highest BCUT2D eigenvalue weighted by molar-refractivity contribution is 5.90. The van der Waals surface area contributed by atoms with E-state index < -0.39 is 24.0 Å². The zero-order valence-electron chi connectivity index (χ0n) is 11.4. The summed E-state index contributed by atoms with van der Waals surface area (Å²) in [6.07, 6.45) is 9.64. The molecule has 2 atom stereocenters. The maximum atomic E-state index is 11.7. The van der Waals surface area contributed by atoms with Gasteiger partial charge in [0.2, 0.25) is 0 Å². The van der Waals surface area contributed by atoms with Crippen LogP contribution in [0, 0.1) is 11.8 Å². The summed E-state index contributed by atoms with van der Waals surface area (Å²) in [5, 5.41) is 8.69. The average Bonchev–Trinajstić information content (AvgIpc) is 2.77. The number of carbonyl (C=O) groups is 2. The molecule has 1 N–H and O–H groups in total. The van der Waals surface area contributed by atoms with Gasteiger partial charge in [0.05, 0.1) is 0 Å². The van der Waals surface area contributed by atoms with Gasteiger partial charge in [-0.25, -0.2) is 0 Å². The molecule has 2 aliphatic carbocycles. The van der Waals surface area contributed by atoms with Crippen LogP contribution in [-0.4, -0.2) is 22.6 Å². The first-order valence-electron chi connectivity index (χ1n) is 7.12. The second kappa shape index (κ2) is 5.76. The molecule has 0 heterocycles. The van der Waals surface area contributed by atoms with Crippen molar-refractivity contribution in [3.8, 4) is 0 Å². The van der Waals surface area contributed by atoms with Crippen molar-refractivity contribution in [3.05, 3.63) is 12.2 Å². The molecule has 0 aliphatic heterocycles. The third-order valence-electron chi connectivity index (χ3n) is 4.49. The highest BCUT2D eigenvalue weighted by Gasteiger charge is 2.46. The third-order valence-corrected chi connectivity index (χ3v) is 4.49. The minimum absolute atomic E-state index is 0.331. The van der Waals surface area contributed by atoms with E-state index in [1.165, 1.54) is 0 Å². The Labute approximate surface area is 113 Å². The van der Waals surface area contributed by atoms with E-state index >= 15 is 0 Å². The Kier molecular flexibility index (Phi) is 4.27. The van der Waals surface area contributed by atoms with Crippen molar-refractivity contribution in [2.45, 2.75) is 57.5 Å². The number of carboxylic acids is 1. The SMILES string of the molecule is CC1CC=CCC1C1(OC(=O)CC(=O)O)CCCC1. The van der Waals surface area contributed by atoms with Gasteiger partial charge in [0.1, 0.15) is 12.0 Å². The van der Waals surface area contributed by atoms with Crippen molar-refractivity contribution in [2.75, 3.05) is 0 Å². The first kappa shape index (κ1) is 14.1. The van der Waals surface area contributed by atoms with Crippen molar-refractivity contribution < 1.29 is 19.4 Å². The van der Waals surface area contributed by atoms with E-state index in [-0.39, 0.29) is 0 Å². The fourth-order valence-electron chi connectivity index (χ4n) is 3.59. The largest absolute Gasteiger partial charge is 0.481 e. The molecule has 0 aromatic heterocycles. The number of allylic oxidation sites excluding steroid dienone is 2. The smallest absolute Gasteiger partial charge is 0.317 e. The summed E-state index contributed by atoms with van der Waals surface area (Å²) in [7, 11) is 0. The second-order valence-electron chi connectivity index (χ2n) is 5.84. The molecule has 0 aromatic carbocycles. The Morgan fingerprint density at radius 1 is 1.26 bits per heavy atom. The van der Waals surface area contributed by atoms with Gasteiger partial charge in [0, 0.05) is 5.92 Å². The molecule has 19 heavy (non-hydrogen) atoms. The van der Waals surface area contributed by atoms with Gasteiger partial charge < -0.3 is 9.84 Å². The molecule has 4 heteroatoms. The third kappa shape index (κ3) is 3.17. The summed E-state index contributed by atoms with van der Waals surface area (Å²) in [5.74, 6) is -0.885. The number of rotatable bonds is 4. The number of carboxylic acid groups (broad SMARTS) is 1. The standard InChI is InChI=1S/C15H22O4/c1-11-6-2-3-7-12(11)15(8-4-5-9-15)19-14(18)10-13(16)17/h2-3,11-12H,4-10H2,1H3,(H,16,17). The Morgan fingerprint density at radius 2 is 1.89 bits per heavy atom. The molecule has 0 amide bonds. The number of aliphatic carboxylic acids is 1. The van der Waals surface area contributed by atoms with Crippen molar-refractivity contribution in [3.63, 3.8) is 0 Å². The summed E-state index contributed by atoms with van der Waals surface area (Å²) < 4.78 is 5.67. The van der Waals surface area contributed by atoms with Gasteiger partial charge in [-0.2, -0.15) is 0 Å². The van der Waals surface area contributed by atoms with Gasteiger partial charge in [-0.1, -0.05) is 19.1 Å². The van der Waals surface area contributed by atoms with Crippen LogP contribution in [0.2, 0.25) is 0 Å². The fourth-order valence-corrected chi connectivity index (χ4v) is 3.59. The molecule has 0 aromatic rings. The van der Waals surface area contributed by atoms with Gasteiger partial charge in [-0.05, 0) is 44.4 Å². The Morgan fingerprint density at radius 3 is 2.47 bits per heavy atom. The molecule has 0 bridgehead atoms. The van der Waals surface area contributed by atoms with E-state index in [0.717, 1.165) is 38.5 Å². The van der Waals surface area contributed by atoms with Crippen molar-refractivity contribution in [1.29, 1.82) is 0 Å².